The first-order valence-corrected chi connectivity index (χ1v) is 7.02. The van der Waals surface area contributed by atoms with Crippen LogP contribution in [-0.2, 0) is 20.7 Å². The van der Waals surface area contributed by atoms with E-state index in [1.165, 1.54) is 7.11 Å². The number of esters is 1. The molecule has 1 N–H and O–H groups in total. The second-order valence-electron chi connectivity index (χ2n) is 3.89. The van der Waals surface area contributed by atoms with Crippen molar-refractivity contribution in [1.29, 1.82) is 0 Å². The zero-order valence-corrected chi connectivity index (χ0v) is 12.1. The Morgan fingerprint density at radius 1 is 1.53 bits per heavy atom. The summed E-state index contributed by atoms with van der Waals surface area (Å²) in [6.45, 7) is 3.84. The molecule has 0 aliphatic heterocycles. The number of carboxylic acids is 1. The number of hydrogen-bond acceptors (Lipinski definition) is 5. The predicted molar refractivity (Wildman–Crippen MR) is 71.3 cm³/mol. The minimum atomic E-state index is -0.913. The molecule has 7 heteroatoms. The highest BCUT2D eigenvalue weighted by atomic mass is 32.2. The summed E-state index contributed by atoms with van der Waals surface area (Å²) in [7, 11) is 1.34. The van der Waals surface area contributed by atoms with Crippen LogP contribution in [0.15, 0.2) is 11.4 Å². The van der Waals surface area contributed by atoms with E-state index in [1.807, 2.05) is 13.8 Å². The van der Waals surface area contributed by atoms with Crippen LogP contribution in [0.25, 0.3) is 0 Å². The average Bonchev–Trinajstić information content (AvgIpc) is 2.80. The van der Waals surface area contributed by atoms with E-state index in [-0.39, 0.29) is 11.7 Å². The molecule has 106 valence electrons. The molecule has 0 saturated carbocycles. The number of ether oxygens (including phenoxy) is 1. The van der Waals surface area contributed by atoms with Crippen LogP contribution in [0.3, 0.4) is 0 Å². The molecule has 1 aromatic rings. The van der Waals surface area contributed by atoms with Gasteiger partial charge in [0, 0.05) is 11.9 Å². The smallest absolute Gasteiger partial charge is 0.328 e. The van der Waals surface area contributed by atoms with Gasteiger partial charge >= 0.3 is 11.9 Å². The van der Waals surface area contributed by atoms with Crippen molar-refractivity contribution in [3.05, 3.63) is 11.9 Å². The van der Waals surface area contributed by atoms with Gasteiger partial charge < -0.3 is 14.4 Å². The van der Waals surface area contributed by atoms with Crippen molar-refractivity contribution in [1.82, 2.24) is 9.55 Å². The molecule has 1 heterocycles. The van der Waals surface area contributed by atoms with Crippen LogP contribution < -0.4 is 0 Å². The molecule has 0 bridgehead atoms. The molecule has 1 aromatic heterocycles. The van der Waals surface area contributed by atoms with E-state index in [0.29, 0.717) is 18.0 Å². The number of carboxylic acid groups (broad SMARTS) is 1. The number of rotatable bonds is 7. The number of methoxy groups -OCH3 is 1. The molecule has 0 aliphatic carbocycles. The molecule has 1 atom stereocenters. The van der Waals surface area contributed by atoms with E-state index >= 15 is 0 Å². The lowest BCUT2D eigenvalue weighted by Gasteiger charge is -2.19. The first-order chi connectivity index (χ1) is 9.04. The molecule has 1 unspecified atom stereocenters. The Morgan fingerprint density at radius 2 is 2.21 bits per heavy atom. The van der Waals surface area contributed by atoms with Gasteiger partial charge in [0.05, 0.1) is 12.9 Å². The summed E-state index contributed by atoms with van der Waals surface area (Å²) in [4.78, 5) is 26.6. The number of nitrogens with zero attached hydrogens (tertiary/aromatic N) is 2. The molecule has 0 saturated heterocycles. The minimum Gasteiger partial charge on any atom is -0.481 e. The summed E-state index contributed by atoms with van der Waals surface area (Å²) in [6.07, 6.45) is 2.96. The largest absolute Gasteiger partial charge is 0.481 e. The molecule has 0 aliphatic rings. The monoisotopic (exact) mass is 286 g/mol. The van der Waals surface area contributed by atoms with Crippen molar-refractivity contribution in [2.45, 2.75) is 37.9 Å². The molecule has 0 amide bonds. The molecule has 6 nitrogen and oxygen atoms in total. The number of carbonyl (C=O) groups excluding carboxylic acids is 1. The Morgan fingerprint density at radius 3 is 2.68 bits per heavy atom. The zero-order chi connectivity index (χ0) is 14.4. The number of carbonyl (C=O) groups is 2. The Kier molecular flexibility index (Phi) is 5.88. The van der Waals surface area contributed by atoms with Crippen LogP contribution in [0.1, 0.15) is 32.0 Å². The van der Waals surface area contributed by atoms with Crippen LogP contribution in [0.4, 0.5) is 0 Å². The van der Waals surface area contributed by atoms with E-state index in [2.05, 4.69) is 4.98 Å². The lowest BCUT2D eigenvalue weighted by Crippen LogP contribution is -2.22. The van der Waals surface area contributed by atoms with E-state index in [1.54, 1.807) is 10.8 Å². The standard InChI is InChI=1S/C12H18N2O4S/c1-4-8-6-13-12(19-7-10(15)16)14(8)9(5-2)11(17)18-3/h6,9H,4-5,7H2,1-3H3,(H,15,16). The first kappa shape index (κ1) is 15.6. The SMILES string of the molecule is CCc1cnc(SCC(=O)O)n1C(CC)C(=O)OC. The summed E-state index contributed by atoms with van der Waals surface area (Å²) in [5, 5.41) is 9.27. The fourth-order valence-corrected chi connectivity index (χ4v) is 2.56. The van der Waals surface area contributed by atoms with Crippen molar-refractivity contribution in [3.63, 3.8) is 0 Å². The number of aromatic nitrogens is 2. The Hall–Kier alpha value is -1.50. The summed E-state index contributed by atoms with van der Waals surface area (Å²) >= 11 is 1.11. The lowest BCUT2D eigenvalue weighted by molar-refractivity contribution is -0.145. The van der Waals surface area contributed by atoms with Crippen LogP contribution in [-0.4, -0.2) is 39.5 Å². The second kappa shape index (κ2) is 7.18. The molecule has 0 radical (unpaired) electrons. The van der Waals surface area contributed by atoms with Gasteiger partial charge in [-0.1, -0.05) is 25.6 Å². The Labute approximate surface area is 116 Å². The molecular formula is C12H18N2O4S. The third-order valence-electron chi connectivity index (χ3n) is 2.70. The second-order valence-corrected chi connectivity index (χ2v) is 4.83. The van der Waals surface area contributed by atoms with Gasteiger partial charge in [0.25, 0.3) is 0 Å². The molecular weight excluding hydrogens is 268 g/mol. The topological polar surface area (TPSA) is 81.4 Å². The molecule has 1 rings (SSSR count). The van der Waals surface area contributed by atoms with E-state index in [4.69, 9.17) is 9.84 Å². The number of aliphatic carboxylic acids is 1. The maximum Gasteiger partial charge on any atom is 0.328 e. The van der Waals surface area contributed by atoms with Crippen LogP contribution in [0.2, 0.25) is 0 Å². The third-order valence-corrected chi connectivity index (χ3v) is 3.65. The summed E-state index contributed by atoms with van der Waals surface area (Å²) in [6, 6.07) is -0.459. The number of hydrogen-bond donors (Lipinski definition) is 1. The minimum absolute atomic E-state index is 0.0855. The van der Waals surface area contributed by atoms with Crippen molar-refractivity contribution in [2.75, 3.05) is 12.9 Å². The number of imidazole rings is 1. The van der Waals surface area contributed by atoms with Crippen LogP contribution in [0.5, 0.6) is 0 Å². The summed E-state index contributed by atoms with van der Waals surface area (Å²) < 4.78 is 6.57. The highest BCUT2D eigenvalue weighted by Gasteiger charge is 2.24. The van der Waals surface area contributed by atoms with Gasteiger partial charge in [0.1, 0.15) is 6.04 Å². The Bertz CT molecular complexity index is 459. The molecule has 0 fully saturated rings. The zero-order valence-electron chi connectivity index (χ0n) is 11.3. The first-order valence-electron chi connectivity index (χ1n) is 6.03. The maximum absolute atomic E-state index is 11.8. The van der Waals surface area contributed by atoms with Crippen molar-refractivity contribution >= 4 is 23.7 Å². The number of thioether (sulfide) groups is 1. The predicted octanol–water partition coefficient (Wildman–Crippen LogP) is 1.75. The highest BCUT2D eigenvalue weighted by molar-refractivity contribution is 7.99. The Balaban J connectivity index is 3.09. The summed E-state index contributed by atoms with van der Waals surface area (Å²) in [5.41, 5.74) is 0.894. The fraction of sp³-hybridized carbons (Fsp3) is 0.583. The van der Waals surface area contributed by atoms with Crippen molar-refractivity contribution < 1.29 is 19.4 Å². The fourth-order valence-electron chi connectivity index (χ4n) is 1.80. The highest BCUT2D eigenvalue weighted by Crippen LogP contribution is 2.26. The normalized spacial score (nSPS) is 12.2. The lowest BCUT2D eigenvalue weighted by atomic mass is 10.2. The number of aryl methyl sites for hydroxylation is 1. The van der Waals surface area contributed by atoms with Gasteiger partial charge in [-0.2, -0.15) is 0 Å². The van der Waals surface area contributed by atoms with Gasteiger partial charge in [-0.25, -0.2) is 9.78 Å². The van der Waals surface area contributed by atoms with Gasteiger partial charge in [-0.15, -0.1) is 0 Å². The van der Waals surface area contributed by atoms with Gasteiger partial charge in [-0.05, 0) is 12.8 Å². The van der Waals surface area contributed by atoms with Crippen LogP contribution >= 0.6 is 11.8 Å². The summed E-state index contributed by atoms with van der Waals surface area (Å²) in [5.74, 6) is -1.34. The quantitative estimate of drug-likeness (QED) is 0.607. The van der Waals surface area contributed by atoms with E-state index < -0.39 is 12.0 Å². The van der Waals surface area contributed by atoms with Gasteiger partial charge in [0.15, 0.2) is 5.16 Å². The van der Waals surface area contributed by atoms with E-state index in [0.717, 1.165) is 17.5 Å². The van der Waals surface area contributed by atoms with Crippen molar-refractivity contribution in [2.24, 2.45) is 0 Å². The van der Waals surface area contributed by atoms with Gasteiger partial charge in [-0.3, -0.25) is 4.79 Å². The third kappa shape index (κ3) is 3.73. The van der Waals surface area contributed by atoms with E-state index in [9.17, 15) is 9.59 Å². The molecule has 0 spiro atoms. The maximum atomic E-state index is 11.8. The average molecular weight is 286 g/mol. The van der Waals surface area contributed by atoms with Crippen LogP contribution in [0, 0.1) is 0 Å². The van der Waals surface area contributed by atoms with Gasteiger partial charge in [0.2, 0.25) is 0 Å². The van der Waals surface area contributed by atoms with Crippen molar-refractivity contribution in [3.8, 4) is 0 Å². The molecule has 19 heavy (non-hydrogen) atoms. The molecule has 0 aromatic carbocycles.